The number of amides is 2. The van der Waals surface area contributed by atoms with Crippen LogP contribution in [0.2, 0.25) is 0 Å². The smallest absolute Gasteiger partial charge is 0.328 e. The van der Waals surface area contributed by atoms with Gasteiger partial charge in [0.15, 0.2) is 0 Å². The number of hydrogen-bond donors (Lipinski definition) is 5. The number of esters is 1. The average Bonchev–Trinajstić information content (AvgIpc) is 3.04. The van der Waals surface area contributed by atoms with E-state index in [1.165, 1.54) is 19.2 Å². The molecule has 1 aromatic carbocycles. The van der Waals surface area contributed by atoms with E-state index in [4.69, 9.17) is 9.47 Å². The first-order chi connectivity index (χ1) is 22.0. The molecule has 5 N–H and O–H groups in total. The van der Waals surface area contributed by atoms with Gasteiger partial charge in [-0.05, 0) is 56.7 Å². The van der Waals surface area contributed by atoms with Gasteiger partial charge in [-0.1, -0.05) is 68.7 Å². The van der Waals surface area contributed by atoms with Gasteiger partial charge in [-0.3, -0.25) is 9.59 Å². The highest BCUT2D eigenvalue weighted by molar-refractivity contribution is 5.93. The molecular weight excluding hydrogens is 588 g/mol. The summed E-state index contributed by atoms with van der Waals surface area (Å²) in [5.74, 6) is -1.90. The van der Waals surface area contributed by atoms with E-state index in [0.717, 1.165) is 32.1 Å². The van der Waals surface area contributed by atoms with Crippen LogP contribution in [-0.4, -0.2) is 64.6 Å². The SMILES string of the molecule is CO[C@H]1C=C/C=C/C=CC[C@H](OC(=O)[C@@H](C)NC(=O)C2CCCCC2)[C@H](C)[C@@H](O)C(C)=CCCc2cc(O)cc(c2O)NC(=O)C1. The third-order valence-electron chi connectivity index (χ3n) is 8.69. The highest BCUT2D eigenvalue weighted by Crippen LogP contribution is 2.34. The normalized spacial score (nSPS) is 25.3. The summed E-state index contributed by atoms with van der Waals surface area (Å²) in [7, 11) is 1.49. The maximum atomic E-state index is 13.1. The molecule has 3 rings (SSSR count). The van der Waals surface area contributed by atoms with Crippen LogP contribution in [0.3, 0.4) is 0 Å². The first kappa shape index (κ1) is 36.6. The Kier molecular flexibility index (Phi) is 14.6. The van der Waals surface area contributed by atoms with Crippen LogP contribution in [0.1, 0.15) is 77.7 Å². The zero-order valence-corrected chi connectivity index (χ0v) is 27.4. The Balaban J connectivity index is 1.82. The van der Waals surface area contributed by atoms with E-state index in [-0.39, 0.29) is 35.4 Å². The number of methoxy groups -OCH3 is 1. The molecule has 1 aromatic rings. The lowest BCUT2D eigenvalue weighted by Gasteiger charge is -2.29. The second-order valence-corrected chi connectivity index (χ2v) is 12.3. The summed E-state index contributed by atoms with van der Waals surface area (Å²) < 4.78 is 11.3. The summed E-state index contributed by atoms with van der Waals surface area (Å²) in [6, 6.07) is 1.89. The highest BCUT2D eigenvalue weighted by atomic mass is 16.5. The predicted molar refractivity (Wildman–Crippen MR) is 177 cm³/mol. The number of hydrogen-bond acceptors (Lipinski definition) is 8. The average molecular weight is 639 g/mol. The number of ether oxygens (including phenoxy) is 2. The Morgan fingerprint density at radius 2 is 1.78 bits per heavy atom. The van der Waals surface area contributed by atoms with Crippen LogP contribution in [0.15, 0.2) is 60.2 Å². The molecule has 1 aliphatic carbocycles. The Bertz CT molecular complexity index is 1310. The van der Waals surface area contributed by atoms with E-state index in [9.17, 15) is 29.7 Å². The van der Waals surface area contributed by atoms with Gasteiger partial charge in [0.1, 0.15) is 23.6 Å². The van der Waals surface area contributed by atoms with E-state index in [1.807, 2.05) is 19.1 Å². The molecule has 10 heteroatoms. The molecule has 252 valence electrons. The second kappa shape index (κ2) is 18.3. The third-order valence-corrected chi connectivity index (χ3v) is 8.69. The number of carbonyl (C=O) groups is 3. The van der Waals surface area contributed by atoms with Crippen molar-refractivity contribution in [2.45, 2.75) is 103 Å². The molecule has 2 aliphatic rings. The van der Waals surface area contributed by atoms with Crippen LogP contribution in [0.5, 0.6) is 11.5 Å². The van der Waals surface area contributed by atoms with Gasteiger partial charge in [-0.2, -0.15) is 0 Å². The van der Waals surface area contributed by atoms with E-state index in [0.29, 0.717) is 30.4 Å². The van der Waals surface area contributed by atoms with Gasteiger partial charge in [0.05, 0.1) is 24.3 Å². The van der Waals surface area contributed by atoms with Crippen molar-refractivity contribution in [3.8, 4) is 11.5 Å². The molecule has 0 aromatic heterocycles. The Hall–Kier alpha value is -3.89. The van der Waals surface area contributed by atoms with Crippen molar-refractivity contribution >= 4 is 23.5 Å². The molecule has 1 saturated carbocycles. The molecule has 0 saturated heterocycles. The maximum absolute atomic E-state index is 13.1. The number of fused-ring (bicyclic) bond motifs is 2. The summed E-state index contributed by atoms with van der Waals surface area (Å²) in [5, 5.41) is 37.8. The van der Waals surface area contributed by atoms with Crippen molar-refractivity contribution in [1.29, 1.82) is 0 Å². The Morgan fingerprint density at radius 3 is 2.50 bits per heavy atom. The highest BCUT2D eigenvalue weighted by Gasteiger charge is 2.31. The van der Waals surface area contributed by atoms with Crippen LogP contribution >= 0.6 is 0 Å². The summed E-state index contributed by atoms with van der Waals surface area (Å²) >= 11 is 0. The Labute approximate surface area is 272 Å². The number of allylic oxidation sites excluding steroid dienone is 5. The second-order valence-electron chi connectivity index (χ2n) is 12.3. The fourth-order valence-corrected chi connectivity index (χ4v) is 5.76. The van der Waals surface area contributed by atoms with Crippen molar-refractivity contribution in [3.63, 3.8) is 0 Å². The van der Waals surface area contributed by atoms with Crippen LogP contribution in [0, 0.1) is 11.8 Å². The van der Waals surface area contributed by atoms with E-state index in [2.05, 4.69) is 10.6 Å². The summed E-state index contributed by atoms with van der Waals surface area (Å²) in [4.78, 5) is 38.6. The van der Waals surface area contributed by atoms with Crippen molar-refractivity contribution < 1.29 is 39.2 Å². The van der Waals surface area contributed by atoms with E-state index >= 15 is 0 Å². The molecule has 10 nitrogen and oxygen atoms in total. The van der Waals surface area contributed by atoms with Crippen molar-refractivity contribution in [3.05, 3.63) is 65.8 Å². The zero-order valence-electron chi connectivity index (χ0n) is 27.4. The molecule has 5 atom stereocenters. The molecule has 0 spiro atoms. The number of nitrogens with one attached hydrogen (secondary N) is 2. The number of aryl methyl sites for hydroxylation is 1. The molecule has 1 fully saturated rings. The summed E-state index contributed by atoms with van der Waals surface area (Å²) in [6.45, 7) is 5.22. The molecule has 1 aliphatic heterocycles. The molecular formula is C36H50N2O8. The Morgan fingerprint density at radius 1 is 1.07 bits per heavy atom. The molecule has 2 amide bonds. The topological polar surface area (TPSA) is 154 Å². The molecule has 2 bridgehead atoms. The fraction of sp³-hybridized carbons (Fsp3) is 0.528. The third kappa shape index (κ3) is 11.2. The zero-order chi connectivity index (χ0) is 33.6. The number of carbonyl (C=O) groups excluding carboxylic acids is 3. The van der Waals surface area contributed by atoms with Crippen LogP contribution in [0.25, 0.3) is 0 Å². The minimum Gasteiger partial charge on any atom is -0.508 e. The minimum absolute atomic E-state index is 0.00853. The first-order valence-electron chi connectivity index (χ1n) is 16.2. The van der Waals surface area contributed by atoms with Gasteiger partial charge in [-0.25, -0.2) is 4.79 Å². The molecule has 0 unspecified atom stereocenters. The standard InChI is InChI=1S/C36H50N2O8/c1-23-14-13-17-27-20-28(39)21-30(34(27)42)38-32(40)22-29(45-4)18-11-6-5-7-12-19-31(24(2)33(23)41)46-36(44)25(3)37-35(43)26-15-9-8-10-16-26/h5-7,11-12,14,18,20-21,24-26,29,31,33,39,41-42H,8-10,13,15-17,19,22H2,1-4H3,(H,37,43)(H,38,40)/b6-5+,12-7?,18-11?,23-14?/t24-,25+,29-,31-,33-/m0/s1. The van der Waals surface area contributed by atoms with E-state index in [1.54, 1.807) is 44.2 Å². The van der Waals surface area contributed by atoms with Gasteiger partial charge in [0.25, 0.3) is 0 Å². The molecule has 46 heavy (non-hydrogen) atoms. The van der Waals surface area contributed by atoms with Gasteiger partial charge in [0, 0.05) is 31.4 Å². The predicted octanol–water partition coefficient (Wildman–Crippen LogP) is 5.39. The first-order valence-corrected chi connectivity index (χ1v) is 16.2. The maximum Gasteiger partial charge on any atom is 0.328 e. The van der Waals surface area contributed by atoms with Gasteiger partial charge < -0.3 is 35.4 Å². The van der Waals surface area contributed by atoms with Crippen molar-refractivity contribution in [2.24, 2.45) is 11.8 Å². The van der Waals surface area contributed by atoms with Gasteiger partial charge in [-0.15, -0.1) is 0 Å². The number of aliphatic hydroxyl groups is 1. The minimum atomic E-state index is -0.940. The number of aromatic hydroxyl groups is 2. The van der Waals surface area contributed by atoms with Gasteiger partial charge in [0.2, 0.25) is 11.8 Å². The number of phenols is 2. The number of benzene rings is 1. The van der Waals surface area contributed by atoms with Crippen LogP contribution in [0.4, 0.5) is 5.69 Å². The number of rotatable bonds is 5. The summed E-state index contributed by atoms with van der Waals surface area (Å²) in [5.41, 5.74) is 1.19. The van der Waals surface area contributed by atoms with Crippen LogP contribution < -0.4 is 10.6 Å². The lowest BCUT2D eigenvalue weighted by molar-refractivity contribution is -0.156. The van der Waals surface area contributed by atoms with Crippen molar-refractivity contribution in [2.75, 3.05) is 12.4 Å². The quantitative estimate of drug-likeness (QED) is 0.125. The largest absolute Gasteiger partial charge is 0.508 e. The number of phenolic OH excluding ortho intramolecular Hbond substituents is 2. The molecule has 0 radical (unpaired) electrons. The number of anilines is 1. The number of aliphatic hydroxyl groups excluding tert-OH is 1. The summed E-state index contributed by atoms with van der Waals surface area (Å²) in [6.07, 6.45) is 16.2. The van der Waals surface area contributed by atoms with E-state index < -0.39 is 42.1 Å². The van der Waals surface area contributed by atoms with Gasteiger partial charge >= 0.3 is 5.97 Å². The fourth-order valence-electron chi connectivity index (χ4n) is 5.76. The molecule has 1 heterocycles. The lowest BCUT2D eigenvalue weighted by atomic mass is 9.88. The van der Waals surface area contributed by atoms with Crippen molar-refractivity contribution in [1.82, 2.24) is 5.32 Å². The monoisotopic (exact) mass is 638 g/mol. The van der Waals surface area contributed by atoms with Crippen LogP contribution in [-0.2, 0) is 30.3 Å². The lowest BCUT2D eigenvalue weighted by Crippen LogP contribution is -2.45.